The van der Waals surface area contributed by atoms with Gasteiger partial charge in [0.05, 0.1) is 24.9 Å². The molecule has 2 rings (SSSR count). The SMILES string of the molecule is COC(=O)c1cncc(NC2CCCCC2(C)C(=O)O)n1. The minimum atomic E-state index is -0.846. The van der Waals surface area contributed by atoms with Crippen LogP contribution in [0.5, 0.6) is 0 Å². The minimum Gasteiger partial charge on any atom is -0.481 e. The number of nitrogens with one attached hydrogen (secondary N) is 1. The largest absolute Gasteiger partial charge is 0.481 e. The molecule has 1 fully saturated rings. The van der Waals surface area contributed by atoms with Crippen molar-refractivity contribution in [3.05, 3.63) is 18.1 Å². The summed E-state index contributed by atoms with van der Waals surface area (Å²) < 4.78 is 4.60. The first kappa shape index (κ1) is 15.2. The highest BCUT2D eigenvalue weighted by atomic mass is 16.5. The summed E-state index contributed by atoms with van der Waals surface area (Å²) in [5.74, 6) is -1.01. The third-order valence-electron chi connectivity index (χ3n) is 4.05. The Hall–Kier alpha value is -2.18. The van der Waals surface area contributed by atoms with Gasteiger partial charge in [-0.05, 0) is 19.8 Å². The fraction of sp³-hybridized carbons (Fsp3) is 0.571. The monoisotopic (exact) mass is 293 g/mol. The molecular formula is C14H19N3O4. The van der Waals surface area contributed by atoms with E-state index < -0.39 is 17.4 Å². The lowest BCUT2D eigenvalue weighted by Crippen LogP contribution is -2.46. The molecule has 2 N–H and O–H groups in total. The molecule has 21 heavy (non-hydrogen) atoms. The molecule has 0 spiro atoms. The Morgan fingerprint density at radius 3 is 2.86 bits per heavy atom. The molecule has 0 saturated heterocycles. The van der Waals surface area contributed by atoms with Crippen LogP contribution in [0.15, 0.2) is 12.4 Å². The first-order valence-electron chi connectivity index (χ1n) is 6.87. The van der Waals surface area contributed by atoms with E-state index >= 15 is 0 Å². The summed E-state index contributed by atoms with van der Waals surface area (Å²) in [5.41, 5.74) is -0.753. The van der Waals surface area contributed by atoms with Crippen LogP contribution in [0, 0.1) is 5.41 Å². The Kier molecular flexibility index (Phi) is 4.40. The van der Waals surface area contributed by atoms with Crippen LogP contribution >= 0.6 is 0 Å². The summed E-state index contributed by atoms with van der Waals surface area (Å²) in [6, 6.07) is -0.244. The normalized spacial score (nSPS) is 25.1. The van der Waals surface area contributed by atoms with Crippen LogP contribution in [0.3, 0.4) is 0 Å². The van der Waals surface area contributed by atoms with Gasteiger partial charge in [0.1, 0.15) is 5.82 Å². The van der Waals surface area contributed by atoms with Crippen LogP contribution in [0.1, 0.15) is 43.1 Å². The molecule has 1 saturated carbocycles. The van der Waals surface area contributed by atoms with E-state index in [4.69, 9.17) is 0 Å². The minimum absolute atomic E-state index is 0.0929. The van der Waals surface area contributed by atoms with Crippen molar-refractivity contribution in [3.63, 3.8) is 0 Å². The molecule has 7 nitrogen and oxygen atoms in total. The average molecular weight is 293 g/mol. The molecule has 1 aliphatic carbocycles. The van der Waals surface area contributed by atoms with Crippen molar-refractivity contribution in [1.29, 1.82) is 0 Å². The second-order valence-electron chi connectivity index (χ2n) is 5.45. The smallest absolute Gasteiger partial charge is 0.358 e. The average Bonchev–Trinajstić information content (AvgIpc) is 2.49. The number of hydrogen-bond donors (Lipinski definition) is 2. The van der Waals surface area contributed by atoms with Crippen molar-refractivity contribution in [3.8, 4) is 0 Å². The third-order valence-corrected chi connectivity index (χ3v) is 4.05. The van der Waals surface area contributed by atoms with Crippen LogP contribution in [0.25, 0.3) is 0 Å². The van der Waals surface area contributed by atoms with Crippen molar-refractivity contribution in [2.75, 3.05) is 12.4 Å². The second-order valence-corrected chi connectivity index (χ2v) is 5.45. The number of carbonyl (C=O) groups excluding carboxylic acids is 1. The quantitative estimate of drug-likeness (QED) is 0.815. The number of carboxylic acid groups (broad SMARTS) is 1. The molecule has 7 heteroatoms. The maximum absolute atomic E-state index is 11.5. The Morgan fingerprint density at radius 2 is 2.19 bits per heavy atom. The molecule has 1 heterocycles. The van der Waals surface area contributed by atoms with Gasteiger partial charge in [-0.3, -0.25) is 9.78 Å². The van der Waals surface area contributed by atoms with E-state index in [1.54, 1.807) is 6.92 Å². The van der Waals surface area contributed by atoms with Gasteiger partial charge in [-0.2, -0.15) is 0 Å². The highest BCUT2D eigenvalue weighted by Crippen LogP contribution is 2.37. The fourth-order valence-electron chi connectivity index (χ4n) is 2.64. The van der Waals surface area contributed by atoms with Crippen LogP contribution < -0.4 is 5.32 Å². The molecule has 1 aliphatic rings. The fourth-order valence-corrected chi connectivity index (χ4v) is 2.64. The first-order chi connectivity index (χ1) is 9.97. The number of rotatable bonds is 4. The molecule has 1 aromatic heterocycles. The van der Waals surface area contributed by atoms with Crippen molar-refractivity contribution < 1.29 is 19.4 Å². The van der Waals surface area contributed by atoms with Gasteiger partial charge >= 0.3 is 11.9 Å². The molecule has 1 aromatic rings. The topological polar surface area (TPSA) is 101 Å². The first-order valence-corrected chi connectivity index (χ1v) is 6.87. The molecule has 2 unspecified atom stereocenters. The van der Waals surface area contributed by atoms with Gasteiger partial charge in [-0.15, -0.1) is 0 Å². The lowest BCUT2D eigenvalue weighted by atomic mass is 9.71. The van der Waals surface area contributed by atoms with Crippen LogP contribution in [-0.4, -0.2) is 40.2 Å². The van der Waals surface area contributed by atoms with Gasteiger partial charge in [0.25, 0.3) is 0 Å². The zero-order valence-corrected chi connectivity index (χ0v) is 12.1. The van der Waals surface area contributed by atoms with E-state index in [0.717, 1.165) is 19.3 Å². The van der Waals surface area contributed by atoms with E-state index in [-0.39, 0.29) is 11.7 Å². The highest BCUT2D eigenvalue weighted by molar-refractivity contribution is 5.87. The standard InChI is InChI=1S/C14H19N3O4/c1-14(13(19)20)6-4-3-5-10(14)17-11-8-15-7-9(16-11)12(18)21-2/h7-8,10H,3-6H2,1-2H3,(H,16,17)(H,19,20). The van der Waals surface area contributed by atoms with E-state index in [9.17, 15) is 14.7 Å². The molecule has 114 valence electrons. The third kappa shape index (κ3) is 3.12. The van der Waals surface area contributed by atoms with E-state index in [0.29, 0.717) is 12.2 Å². The van der Waals surface area contributed by atoms with Crippen molar-refractivity contribution in [1.82, 2.24) is 9.97 Å². The van der Waals surface area contributed by atoms with Gasteiger partial charge < -0.3 is 15.2 Å². The zero-order chi connectivity index (χ0) is 15.5. The second kappa shape index (κ2) is 6.07. The maximum atomic E-state index is 11.5. The lowest BCUT2D eigenvalue weighted by Gasteiger charge is -2.38. The van der Waals surface area contributed by atoms with E-state index in [1.807, 2.05) is 0 Å². The van der Waals surface area contributed by atoms with Crippen LogP contribution in [0.2, 0.25) is 0 Å². The summed E-state index contributed by atoms with van der Waals surface area (Å²) in [5, 5.41) is 12.6. The molecule has 2 atom stereocenters. The summed E-state index contributed by atoms with van der Waals surface area (Å²) in [6.45, 7) is 1.74. The predicted octanol–water partition coefficient (Wildman–Crippen LogP) is 1.71. The number of aromatic nitrogens is 2. The number of esters is 1. The molecule has 0 radical (unpaired) electrons. The number of ether oxygens (including phenoxy) is 1. The van der Waals surface area contributed by atoms with Crippen molar-refractivity contribution in [2.45, 2.75) is 38.6 Å². The van der Waals surface area contributed by atoms with Crippen molar-refractivity contribution in [2.24, 2.45) is 5.41 Å². The zero-order valence-electron chi connectivity index (χ0n) is 12.1. The summed E-state index contributed by atoms with van der Waals surface area (Å²) in [6.07, 6.45) is 6.01. The number of aliphatic carboxylic acids is 1. The van der Waals surface area contributed by atoms with E-state index in [2.05, 4.69) is 20.0 Å². The Morgan fingerprint density at radius 1 is 1.43 bits per heavy atom. The molecule has 0 aromatic carbocycles. The number of anilines is 1. The van der Waals surface area contributed by atoms with Crippen LogP contribution in [-0.2, 0) is 9.53 Å². The number of carbonyl (C=O) groups is 2. The molecule has 0 bridgehead atoms. The van der Waals surface area contributed by atoms with Gasteiger partial charge in [-0.25, -0.2) is 9.78 Å². The maximum Gasteiger partial charge on any atom is 0.358 e. The van der Waals surface area contributed by atoms with Crippen LogP contribution in [0.4, 0.5) is 5.82 Å². The van der Waals surface area contributed by atoms with E-state index in [1.165, 1.54) is 19.5 Å². The lowest BCUT2D eigenvalue weighted by molar-refractivity contribution is -0.150. The number of carboxylic acids is 1. The molecule has 0 aliphatic heterocycles. The van der Waals surface area contributed by atoms with Gasteiger partial charge in [0.2, 0.25) is 0 Å². The number of nitrogens with zero attached hydrogens (tertiary/aromatic N) is 2. The number of hydrogen-bond acceptors (Lipinski definition) is 6. The van der Waals surface area contributed by atoms with Gasteiger partial charge in [0.15, 0.2) is 5.69 Å². The highest BCUT2D eigenvalue weighted by Gasteiger charge is 2.43. The summed E-state index contributed by atoms with van der Waals surface area (Å²) in [4.78, 5) is 31.1. The molecule has 0 amide bonds. The number of methoxy groups -OCH3 is 1. The van der Waals surface area contributed by atoms with Gasteiger partial charge in [0, 0.05) is 6.04 Å². The van der Waals surface area contributed by atoms with Gasteiger partial charge in [-0.1, -0.05) is 12.8 Å². The predicted molar refractivity (Wildman–Crippen MR) is 75.0 cm³/mol. The Bertz CT molecular complexity index is 549. The van der Waals surface area contributed by atoms with Crippen molar-refractivity contribution >= 4 is 17.8 Å². The summed E-state index contributed by atoms with van der Waals surface area (Å²) >= 11 is 0. The Balaban J connectivity index is 2.20. The summed E-state index contributed by atoms with van der Waals surface area (Å²) in [7, 11) is 1.27. The molecular weight excluding hydrogens is 274 g/mol. The Labute approximate surface area is 122 Å².